The number of nitrogens with two attached hydrogens (primary N) is 1. The summed E-state index contributed by atoms with van der Waals surface area (Å²) >= 11 is 0. The van der Waals surface area contributed by atoms with Crippen LogP contribution in [0, 0.1) is 20.8 Å². The Hall–Kier alpha value is -2.90. The molecule has 1 aliphatic rings. The maximum absolute atomic E-state index is 13.4. The first kappa shape index (κ1) is 19.4. The second-order valence-corrected chi connectivity index (χ2v) is 9.06. The van der Waals surface area contributed by atoms with Crippen LogP contribution in [-0.2, 0) is 16.4 Å². The summed E-state index contributed by atoms with van der Waals surface area (Å²) in [6, 6.07) is 14.7. The van der Waals surface area contributed by atoms with Crippen LogP contribution in [0.25, 0.3) is 5.69 Å². The molecule has 0 aliphatic carbocycles. The highest BCUT2D eigenvalue weighted by Gasteiger charge is 2.29. The van der Waals surface area contributed by atoms with Gasteiger partial charge in [-0.15, -0.1) is 0 Å². The van der Waals surface area contributed by atoms with Crippen molar-refractivity contribution in [3.05, 3.63) is 76.6 Å². The van der Waals surface area contributed by atoms with Gasteiger partial charge in [-0.05, 0) is 68.7 Å². The zero-order chi connectivity index (χ0) is 20.9. The molecule has 3 aromatic rings. The number of sulfonamides is 1. The van der Waals surface area contributed by atoms with Crippen LogP contribution in [0.2, 0.25) is 0 Å². The quantitative estimate of drug-likeness (QED) is 0.720. The largest absolute Gasteiger partial charge is 0.318 e. The van der Waals surface area contributed by atoms with Crippen molar-refractivity contribution in [1.82, 2.24) is 4.57 Å². The van der Waals surface area contributed by atoms with Gasteiger partial charge >= 0.3 is 0 Å². The van der Waals surface area contributed by atoms with Gasteiger partial charge in [0, 0.05) is 29.3 Å². The molecule has 2 aromatic carbocycles. The monoisotopic (exact) mass is 409 g/mol. The summed E-state index contributed by atoms with van der Waals surface area (Å²) in [7, 11) is -3.83. The Morgan fingerprint density at radius 1 is 1.03 bits per heavy atom. The Labute approximate surface area is 170 Å². The zero-order valence-corrected chi connectivity index (χ0v) is 17.5. The first-order valence-electron chi connectivity index (χ1n) is 9.40. The molecular formula is C22H23N3O3S. The van der Waals surface area contributed by atoms with Gasteiger partial charge in [-0.25, -0.2) is 13.6 Å². The fourth-order valence-corrected chi connectivity index (χ4v) is 4.57. The van der Waals surface area contributed by atoms with E-state index in [0.717, 1.165) is 28.2 Å². The third-order valence-electron chi connectivity index (χ3n) is 5.45. The van der Waals surface area contributed by atoms with Gasteiger partial charge in [-0.1, -0.05) is 18.2 Å². The predicted molar refractivity (Wildman–Crippen MR) is 113 cm³/mol. The van der Waals surface area contributed by atoms with Crippen LogP contribution in [0.3, 0.4) is 0 Å². The topological polar surface area (TPSA) is 85.4 Å². The molecule has 0 saturated carbocycles. The van der Waals surface area contributed by atoms with Crippen molar-refractivity contribution in [2.24, 2.45) is 5.14 Å². The summed E-state index contributed by atoms with van der Waals surface area (Å²) in [5.74, 6) is -0.137. The van der Waals surface area contributed by atoms with Crippen LogP contribution in [0.1, 0.15) is 32.9 Å². The molecule has 7 heteroatoms. The summed E-state index contributed by atoms with van der Waals surface area (Å²) in [5.41, 5.74) is 6.14. The molecule has 0 spiro atoms. The lowest BCUT2D eigenvalue weighted by atomic mass is 10.1. The highest BCUT2D eigenvalue weighted by Crippen LogP contribution is 2.33. The number of nitrogens with zero attached hydrogens (tertiary/aromatic N) is 2. The van der Waals surface area contributed by atoms with E-state index in [1.807, 2.05) is 45.0 Å². The van der Waals surface area contributed by atoms with E-state index in [1.165, 1.54) is 12.1 Å². The van der Waals surface area contributed by atoms with Crippen molar-refractivity contribution in [2.45, 2.75) is 32.1 Å². The summed E-state index contributed by atoms with van der Waals surface area (Å²) in [4.78, 5) is 15.0. The van der Waals surface area contributed by atoms with Crippen LogP contribution in [0.4, 0.5) is 5.69 Å². The Balaban J connectivity index is 1.76. The summed E-state index contributed by atoms with van der Waals surface area (Å²) < 4.78 is 25.5. The maximum atomic E-state index is 13.4. The molecule has 0 saturated heterocycles. The van der Waals surface area contributed by atoms with Gasteiger partial charge in [-0.3, -0.25) is 4.79 Å². The second kappa shape index (κ2) is 6.86. The van der Waals surface area contributed by atoms with Crippen LogP contribution in [0.5, 0.6) is 0 Å². The zero-order valence-electron chi connectivity index (χ0n) is 16.6. The fourth-order valence-electron chi connectivity index (χ4n) is 4.04. The van der Waals surface area contributed by atoms with Gasteiger partial charge in [0.05, 0.1) is 10.5 Å². The van der Waals surface area contributed by atoms with Crippen LogP contribution < -0.4 is 10.0 Å². The van der Waals surface area contributed by atoms with Gasteiger partial charge < -0.3 is 9.47 Å². The normalized spacial score (nSPS) is 13.6. The molecule has 2 heterocycles. The van der Waals surface area contributed by atoms with E-state index < -0.39 is 10.0 Å². The van der Waals surface area contributed by atoms with Crippen molar-refractivity contribution in [2.75, 3.05) is 11.4 Å². The number of aryl methyl sites for hydroxylation is 2. The lowest BCUT2D eigenvalue weighted by molar-refractivity contribution is 0.0988. The van der Waals surface area contributed by atoms with Gasteiger partial charge in [0.25, 0.3) is 5.91 Å². The highest BCUT2D eigenvalue weighted by molar-refractivity contribution is 7.89. The maximum Gasteiger partial charge on any atom is 0.260 e. The number of anilines is 1. The summed E-state index contributed by atoms with van der Waals surface area (Å²) in [6.07, 6.45) is 0.683. The number of aromatic nitrogens is 1. The number of fused-ring (bicyclic) bond motifs is 1. The van der Waals surface area contributed by atoms with E-state index in [0.29, 0.717) is 24.2 Å². The minimum atomic E-state index is -3.83. The molecule has 6 nitrogen and oxygen atoms in total. The molecule has 150 valence electrons. The van der Waals surface area contributed by atoms with Crippen molar-refractivity contribution >= 4 is 21.6 Å². The fraction of sp³-hybridized carbons (Fsp3) is 0.227. The van der Waals surface area contributed by atoms with E-state index in [9.17, 15) is 13.2 Å². The van der Waals surface area contributed by atoms with E-state index in [2.05, 4.69) is 10.6 Å². The average Bonchev–Trinajstić information content (AvgIpc) is 3.20. The first-order chi connectivity index (χ1) is 13.7. The molecular weight excluding hydrogens is 386 g/mol. The lowest BCUT2D eigenvalue weighted by Crippen LogP contribution is -2.29. The summed E-state index contributed by atoms with van der Waals surface area (Å²) in [5, 5.41) is 5.27. The number of carbonyl (C=O) groups is 1. The smallest absolute Gasteiger partial charge is 0.260 e. The minimum Gasteiger partial charge on any atom is -0.318 e. The van der Waals surface area contributed by atoms with Crippen LogP contribution in [0.15, 0.2) is 53.4 Å². The number of hydrogen-bond donors (Lipinski definition) is 1. The molecule has 2 N–H and O–H groups in total. The number of carbonyl (C=O) groups excluding carboxylic acids is 1. The van der Waals surface area contributed by atoms with Gasteiger partial charge in [0.1, 0.15) is 0 Å². The molecule has 0 unspecified atom stereocenters. The van der Waals surface area contributed by atoms with Gasteiger partial charge in [-0.2, -0.15) is 0 Å². The third kappa shape index (κ3) is 3.36. The van der Waals surface area contributed by atoms with Gasteiger partial charge in [0.2, 0.25) is 10.0 Å². The second-order valence-electron chi connectivity index (χ2n) is 7.50. The predicted octanol–water partition coefficient (Wildman–Crippen LogP) is 3.25. The number of hydrogen-bond acceptors (Lipinski definition) is 3. The van der Waals surface area contributed by atoms with Crippen molar-refractivity contribution in [3.8, 4) is 5.69 Å². The Kier molecular flexibility index (Phi) is 4.59. The van der Waals surface area contributed by atoms with E-state index in [-0.39, 0.29) is 10.8 Å². The Morgan fingerprint density at radius 2 is 1.79 bits per heavy atom. The van der Waals surface area contributed by atoms with E-state index in [4.69, 9.17) is 5.14 Å². The number of benzene rings is 2. The van der Waals surface area contributed by atoms with Crippen LogP contribution >= 0.6 is 0 Å². The SMILES string of the molecule is Cc1cccc(-n2c(C)cc(C(=O)N3CCc4ccc(S(N)(=O)=O)cc43)c2C)c1. The number of amides is 1. The van der Waals surface area contributed by atoms with E-state index >= 15 is 0 Å². The molecule has 1 amide bonds. The first-order valence-corrected chi connectivity index (χ1v) is 10.9. The number of rotatable bonds is 3. The molecule has 1 aromatic heterocycles. The molecule has 0 atom stereocenters. The third-order valence-corrected chi connectivity index (χ3v) is 6.36. The van der Waals surface area contributed by atoms with Crippen molar-refractivity contribution < 1.29 is 13.2 Å². The van der Waals surface area contributed by atoms with Gasteiger partial charge in [0.15, 0.2) is 0 Å². The Bertz CT molecular complexity index is 1240. The number of primary sulfonamides is 1. The highest BCUT2D eigenvalue weighted by atomic mass is 32.2. The standard InChI is InChI=1S/C22H23N3O3S/c1-14-5-4-6-18(11-14)25-15(2)12-20(16(25)3)22(26)24-10-9-17-7-8-19(13-21(17)24)29(23,27)28/h4-8,11-13H,9-10H2,1-3H3,(H2,23,27,28). The molecule has 1 aliphatic heterocycles. The van der Waals surface area contributed by atoms with Crippen LogP contribution in [-0.4, -0.2) is 25.4 Å². The molecule has 4 rings (SSSR count). The average molecular weight is 410 g/mol. The molecule has 0 bridgehead atoms. The lowest BCUT2D eigenvalue weighted by Gasteiger charge is -2.18. The molecule has 29 heavy (non-hydrogen) atoms. The molecule has 0 fully saturated rings. The van der Waals surface area contributed by atoms with Crippen molar-refractivity contribution in [3.63, 3.8) is 0 Å². The van der Waals surface area contributed by atoms with Crippen molar-refractivity contribution in [1.29, 1.82) is 0 Å². The molecule has 0 radical (unpaired) electrons. The summed E-state index contributed by atoms with van der Waals surface area (Å²) in [6.45, 7) is 6.45. The minimum absolute atomic E-state index is 0.0150. The van der Waals surface area contributed by atoms with E-state index in [1.54, 1.807) is 11.0 Å². The Morgan fingerprint density at radius 3 is 2.48 bits per heavy atom.